The Bertz CT molecular complexity index is 347. The van der Waals surface area contributed by atoms with E-state index in [1.165, 1.54) is 13.2 Å². The van der Waals surface area contributed by atoms with E-state index in [4.69, 9.17) is 16.3 Å². The standard InChI is InChI=1S/C11H16ClNO4/c1-5-17-11(15)9(10(14)16-4)6-8(12)7-13(2)3/h6-7H,5H2,1-4H3. The first-order chi connectivity index (χ1) is 7.92. The molecule has 0 heterocycles. The predicted octanol–water partition coefficient (Wildman–Crippen LogP) is 1.29. The number of rotatable bonds is 5. The first-order valence-electron chi connectivity index (χ1n) is 4.93. The van der Waals surface area contributed by atoms with Gasteiger partial charge in [0, 0.05) is 20.3 Å². The van der Waals surface area contributed by atoms with Crippen molar-refractivity contribution < 1.29 is 19.1 Å². The number of ether oxygens (including phenoxy) is 2. The second kappa shape index (κ2) is 7.73. The molecule has 0 rings (SSSR count). The van der Waals surface area contributed by atoms with Crippen LogP contribution in [0.15, 0.2) is 22.9 Å². The monoisotopic (exact) mass is 261 g/mol. The number of esters is 2. The van der Waals surface area contributed by atoms with Crippen LogP contribution < -0.4 is 0 Å². The normalized spacial score (nSPS) is 12.1. The second-order valence-corrected chi connectivity index (χ2v) is 3.68. The van der Waals surface area contributed by atoms with Crippen LogP contribution in [0.2, 0.25) is 0 Å². The molecule has 0 spiro atoms. The molecule has 0 bridgehead atoms. The van der Waals surface area contributed by atoms with Crippen LogP contribution in [0.1, 0.15) is 6.92 Å². The molecule has 0 aliphatic heterocycles. The molecule has 0 saturated carbocycles. The summed E-state index contributed by atoms with van der Waals surface area (Å²) < 4.78 is 9.20. The molecular weight excluding hydrogens is 246 g/mol. The minimum atomic E-state index is -0.784. The molecule has 6 heteroatoms. The van der Waals surface area contributed by atoms with Crippen LogP contribution in [-0.4, -0.2) is 44.7 Å². The number of allylic oxidation sites excluding steroid dienone is 2. The molecule has 5 nitrogen and oxygen atoms in total. The number of methoxy groups -OCH3 is 1. The van der Waals surface area contributed by atoms with Gasteiger partial charge >= 0.3 is 11.9 Å². The molecule has 0 aliphatic carbocycles. The number of carbonyl (C=O) groups is 2. The van der Waals surface area contributed by atoms with Gasteiger partial charge in [-0.25, -0.2) is 9.59 Å². The number of carbonyl (C=O) groups excluding carboxylic acids is 2. The Morgan fingerprint density at radius 3 is 2.29 bits per heavy atom. The minimum absolute atomic E-state index is 0.169. The zero-order valence-corrected chi connectivity index (χ0v) is 11.1. The number of halogens is 1. The third kappa shape index (κ3) is 5.97. The summed E-state index contributed by atoms with van der Waals surface area (Å²) in [7, 11) is 4.70. The quantitative estimate of drug-likeness (QED) is 0.245. The fourth-order valence-electron chi connectivity index (χ4n) is 0.942. The van der Waals surface area contributed by atoms with E-state index in [0.29, 0.717) is 0 Å². The van der Waals surface area contributed by atoms with Gasteiger partial charge < -0.3 is 14.4 Å². The largest absolute Gasteiger partial charge is 0.465 e. The highest BCUT2D eigenvalue weighted by Crippen LogP contribution is 2.11. The van der Waals surface area contributed by atoms with Gasteiger partial charge in [-0.3, -0.25) is 0 Å². The minimum Gasteiger partial charge on any atom is -0.465 e. The Morgan fingerprint density at radius 1 is 1.29 bits per heavy atom. The summed E-state index contributed by atoms with van der Waals surface area (Å²) >= 11 is 5.84. The first kappa shape index (κ1) is 15.5. The zero-order valence-electron chi connectivity index (χ0n) is 10.3. The molecule has 96 valence electrons. The summed E-state index contributed by atoms with van der Waals surface area (Å²) in [5, 5.41) is 0.225. The Hall–Kier alpha value is -1.49. The van der Waals surface area contributed by atoms with Gasteiger partial charge in [-0.2, -0.15) is 0 Å². The Morgan fingerprint density at radius 2 is 1.88 bits per heavy atom. The smallest absolute Gasteiger partial charge is 0.345 e. The van der Waals surface area contributed by atoms with Crippen molar-refractivity contribution in [3.8, 4) is 0 Å². The highest BCUT2D eigenvalue weighted by atomic mass is 35.5. The van der Waals surface area contributed by atoms with Crippen molar-refractivity contribution in [3.05, 3.63) is 22.9 Å². The average Bonchev–Trinajstić information content (AvgIpc) is 2.24. The molecule has 0 N–H and O–H groups in total. The lowest BCUT2D eigenvalue weighted by Gasteiger charge is -2.06. The van der Waals surface area contributed by atoms with Crippen molar-refractivity contribution in [2.75, 3.05) is 27.8 Å². The summed E-state index contributed by atoms with van der Waals surface area (Å²) in [4.78, 5) is 24.5. The van der Waals surface area contributed by atoms with Gasteiger partial charge in [-0.05, 0) is 13.0 Å². The maximum absolute atomic E-state index is 11.5. The molecule has 0 amide bonds. The van der Waals surface area contributed by atoms with Crippen molar-refractivity contribution >= 4 is 23.5 Å². The van der Waals surface area contributed by atoms with Gasteiger partial charge in [0.25, 0.3) is 0 Å². The van der Waals surface area contributed by atoms with Crippen LogP contribution in [0, 0.1) is 0 Å². The number of nitrogens with zero attached hydrogens (tertiary/aromatic N) is 1. The topological polar surface area (TPSA) is 55.8 Å². The van der Waals surface area contributed by atoms with Crippen LogP contribution in [0.5, 0.6) is 0 Å². The molecule has 0 saturated heterocycles. The van der Waals surface area contributed by atoms with Gasteiger partial charge in [0.1, 0.15) is 5.57 Å². The van der Waals surface area contributed by atoms with Gasteiger partial charge in [0.2, 0.25) is 0 Å². The summed E-state index contributed by atoms with van der Waals surface area (Å²) in [6.07, 6.45) is 2.76. The fourth-order valence-corrected chi connectivity index (χ4v) is 1.25. The van der Waals surface area contributed by atoms with Gasteiger partial charge in [-0.15, -0.1) is 0 Å². The van der Waals surface area contributed by atoms with Crippen LogP contribution in [-0.2, 0) is 19.1 Å². The van der Waals surface area contributed by atoms with E-state index in [0.717, 1.165) is 0 Å². The maximum atomic E-state index is 11.5. The summed E-state index contributed by atoms with van der Waals surface area (Å²) in [5.74, 6) is -1.54. The molecule has 0 aliphatic rings. The first-order valence-corrected chi connectivity index (χ1v) is 5.31. The van der Waals surface area contributed by atoms with E-state index >= 15 is 0 Å². The molecule has 0 fully saturated rings. The van der Waals surface area contributed by atoms with E-state index in [9.17, 15) is 9.59 Å². The third-order valence-electron chi connectivity index (χ3n) is 1.56. The molecular formula is C11H16ClNO4. The summed E-state index contributed by atoms with van der Waals surface area (Å²) in [6.45, 7) is 1.81. The lowest BCUT2D eigenvalue weighted by Crippen LogP contribution is -2.17. The highest BCUT2D eigenvalue weighted by molar-refractivity contribution is 6.32. The van der Waals surface area contributed by atoms with Crippen LogP contribution in [0.4, 0.5) is 0 Å². The summed E-state index contributed by atoms with van der Waals surface area (Å²) in [6, 6.07) is 0. The number of hydrogen-bond acceptors (Lipinski definition) is 5. The average molecular weight is 262 g/mol. The van der Waals surface area contributed by atoms with Gasteiger partial charge in [0.05, 0.1) is 18.7 Å². The van der Waals surface area contributed by atoms with E-state index < -0.39 is 11.9 Å². The van der Waals surface area contributed by atoms with Gasteiger partial charge in [-0.1, -0.05) is 11.6 Å². The lowest BCUT2D eigenvalue weighted by atomic mass is 10.2. The van der Waals surface area contributed by atoms with E-state index in [2.05, 4.69) is 4.74 Å². The number of hydrogen-bond donors (Lipinski definition) is 0. The SMILES string of the molecule is CCOC(=O)C(=CC(Cl)=CN(C)C)C(=O)OC. The fraction of sp³-hybridized carbons (Fsp3) is 0.455. The van der Waals surface area contributed by atoms with Crippen molar-refractivity contribution in [1.29, 1.82) is 0 Å². The molecule has 0 aromatic heterocycles. The maximum Gasteiger partial charge on any atom is 0.345 e. The van der Waals surface area contributed by atoms with Crippen molar-refractivity contribution in [2.45, 2.75) is 6.92 Å². The summed E-state index contributed by atoms with van der Waals surface area (Å²) in [5.41, 5.74) is -0.238. The third-order valence-corrected chi connectivity index (χ3v) is 1.77. The Balaban J connectivity index is 5.11. The molecule has 0 aromatic carbocycles. The lowest BCUT2D eigenvalue weighted by molar-refractivity contribution is -0.145. The van der Waals surface area contributed by atoms with Crippen LogP contribution in [0.25, 0.3) is 0 Å². The molecule has 0 unspecified atom stereocenters. The van der Waals surface area contributed by atoms with Crippen LogP contribution >= 0.6 is 11.6 Å². The Kier molecular flexibility index (Phi) is 7.05. The van der Waals surface area contributed by atoms with Crippen molar-refractivity contribution in [1.82, 2.24) is 4.90 Å². The van der Waals surface area contributed by atoms with E-state index in [-0.39, 0.29) is 17.2 Å². The molecule has 0 atom stereocenters. The zero-order chi connectivity index (χ0) is 13.4. The van der Waals surface area contributed by atoms with Gasteiger partial charge in [0.15, 0.2) is 0 Å². The second-order valence-electron chi connectivity index (χ2n) is 3.25. The van der Waals surface area contributed by atoms with Crippen molar-refractivity contribution in [2.24, 2.45) is 0 Å². The predicted molar refractivity (Wildman–Crippen MR) is 64.4 cm³/mol. The van der Waals surface area contributed by atoms with Crippen molar-refractivity contribution in [3.63, 3.8) is 0 Å². The highest BCUT2D eigenvalue weighted by Gasteiger charge is 2.20. The Labute approximate surface area is 106 Å². The van der Waals surface area contributed by atoms with E-state index in [1.54, 1.807) is 32.1 Å². The molecule has 0 aromatic rings. The molecule has 17 heavy (non-hydrogen) atoms. The van der Waals surface area contributed by atoms with E-state index in [1.807, 2.05) is 0 Å². The molecule has 0 radical (unpaired) electrons. The van der Waals surface area contributed by atoms with Crippen LogP contribution in [0.3, 0.4) is 0 Å².